The molecule has 1 heterocycles. The van der Waals surface area contributed by atoms with Crippen molar-refractivity contribution in [3.05, 3.63) is 17.7 Å². The number of carbonyl (C=O) groups is 1. The van der Waals surface area contributed by atoms with Crippen molar-refractivity contribution in [1.29, 1.82) is 0 Å². The highest BCUT2D eigenvalue weighted by atomic mass is 79.9. The molecular weight excluding hydrogens is 364 g/mol. The molecule has 1 aliphatic rings. The highest BCUT2D eigenvalue weighted by molar-refractivity contribution is 9.50. The molecule has 1 aromatic rings. The van der Waals surface area contributed by atoms with Gasteiger partial charge >= 0.3 is 0 Å². The van der Waals surface area contributed by atoms with E-state index in [1.54, 1.807) is 0 Å². The maximum absolute atomic E-state index is 11.7. The molecule has 1 aromatic carbocycles. The number of carbonyl (C=O) groups excluding carboxylic acids is 1. The van der Waals surface area contributed by atoms with Gasteiger partial charge in [-0.2, -0.15) is 0 Å². The van der Waals surface area contributed by atoms with E-state index in [-0.39, 0.29) is 5.78 Å². The molecule has 0 fully saturated rings. The SMILES string of the molecule is O=C1CCOc2c(SBr)cc(SBr)cc21. The van der Waals surface area contributed by atoms with Gasteiger partial charge in [-0.15, -0.1) is 0 Å². The van der Waals surface area contributed by atoms with E-state index in [1.165, 1.54) is 20.4 Å². The lowest BCUT2D eigenvalue weighted by molar-refractivity contribution is 0.0930. The minimum absolute atomic E-state index is 0.155. The molecule has 6 heteroatoms. The predicted molar refractivity (Wildman–Crippen MR) is 70.5 cm³/mol. The first-order chi connectivity index (χ1) is 7.26. The first-order valence-corrected chi connectivity index (χ1v) is 9.49. The van der Waals surface area contributed by atoms with Gasteiger partial charge in [0.1, 0.15) is 5.75 Å². The fourth-order valence-electron chi connectivity index (χ4n) is 1.42. The van der Waals surface area contributed by atoms with Crippen LogP contribution in [0.2, 0.25) is 0 Å². The van der Waals surface area contributed by atoms with Crippen LogP contribution in [0.25, 0.3) is 0 Å². The largest absolute Gasteiger partial charge is 0.491 e. The Morgan fingerprint density at radius 3 is 2.73 bits per heavy atom. The smallest absolute Gasteiger partial charge is 0.170 e. The summed E-state index contributed by atoms with van der Waals surface area (Å²) >= 11 is 6.63. The average molecular weight is 370 g/mol. The Hall–Kier alpha value is 0.350. The van der Waals surface area contributed by atoms with Crippen molar-refractivity contribution < 1.29 is 9.53 Å². The Balaban J connectivity index is 2.57. The summed E-state index contributed by atoms with van der Waals surface area (Å²) in [5.41, 5.74) is 0.688. The fraction of sp³-hybridized carbons (Fsp3) is 0.222. The Kier molecular flexibility index (Phi) is 4.04. The van der Waals surface area contributed by atoms with Gasteiger partial charge in [-0.25, -0.2) is 0 Å². The van der Waals surface area contributed by atoms with Gasteiger partial charge < -0.3 is 4.74 Å². The topological polar surface area (TPSA) is 26.3 Å². The van der Waals surface area contributed by atoms with Crippen LogP contribution in [-0.4, -0.2) is 12.4 Å². The van der Waals surface area contributed by atoms with Gasteiger partial charge in [0, 0.05) is 11.3 Å². The number of ether oxygens (including phenoxy) is 1. The number of hydrogen-bond donors (Lipinski definition) is 0. The van der Waals surface area contributed by atoms with Crippen LogP contribution < -0.4 is 4.74 Å². The van der Waals surface area contributed by atoms with Gasteiger partial charge in [-0.1, -0.05) is 0 Å². The number of halogens is 2. The minimum atomic E-state index is 0.155. The van der Waals surface area contributed by atoms with E-state index in [4.69, 9.17) is 4.74 Å². The molecule has 2 rings (SSSR count). The average Bonchev–Trinajstić information content (AvgIpc) is 2.28. The van der Waals surface area contributed by atoms with Crippen LogP contribution in [-0.2, 0) is 0 Å². The zero-order chi connectivity index (χ0) is 10.8. The molecule has 0 unspecified atom stereocenters. The van der Waals surface area contributed by atoms with Crippen LogP contribution in [0.15, 0.2) is 21.9 Å². The van der Waals surface area contributed by atoms with Crippen LogP contribution >= 0.6 is 50.0 Å². The molecule has 0 amide bonds. The van der Waals surface area contributed by atoms with Crippen molar-refractivity contribution in [3.63, 3.8) is 0 Å². The molecule has 0 saturated heterocycles. The van der Waals surface area contributed by atoms with Crippen molar-refractivity contribution in [2.75, 3.05) is 6.61 Å². The summed E-state index contributed by atoms with van der Waals surface area (Å²) < 4.78 is 5.52. The van der Waals surface area contributed by atoms with Crippen molar-refractivity contribution in [2.24, 2.45) is 0 Å². The van der Waals surface area contributed by atoms with E-state index in [0.29, 0.717) is 24.3 Å². The monoisotopic (exact) mass is 368 g/mol. The highest BCUT2D eigenvalue weighted by Crippen LogP contribution is 2.42. The normalized spacial score (nSPS) is 14.7. The second-order valence-corrected chi connectivity index (χ2v) is 6.14. The molecule has 0 saturated carbocycles. The lowest BCUT2D eigenvalue weighted by Crippen LogP contribution is -2.15. The second kappa shape index (κ2) is 5.12. The standard InChI is InChI=1S/C9H6Br2O2S2/c10-14-5-3-6-7(12)1-2-13-9(6)8(4-5)15-11/h3-4H,1-2H2. The predicted octanol–water partition coefficient (Wildman–Crippen LogP) is 4.46. The number of Topliss-reactive ketones (excluding diaryl/α,β-unsaturated/α-hetero) is 1. The van der Waals surface area contributed by atoms with Crippen LogP contribution in [0.1, 0.15) is 16.8 Å². The molecule has 0 spiro atoms. The molecule has 15 heavy (non-hydrogen) atoms. The summed E-state index contributed by atoms with van der Waals surface area (Å²) in [7, 11) is 2.86. The third-order valence-corrected chi connectivity index (χ3v) is 5.13. The van der Waals surface area contributed by atoms with Crippen molar-refractivity contribution in [3.8, 4) is 5.75 Å². The number of hydrogen-bond acceptors (Lipinski definition) is 4. The summed E-state index contributed by atoms with van der Waals surface area (Å²) in [6.45, 7) is 0.479. The zero-order valence-corrected chi connectivity index (χ0v) is 12.3. The molecule has 0 aromatic heterocycles. The van der Waals surface area contributed by atoms with Crippen LogP contribution in [0.4, 0.5) is 0 Å². The summed E-state index contributed by atoms with van der Waals surface area (Å²) in [4.78, 5) is 13.6. The van der Waals surface area contributed by atoms with Gasteiger partial charge in [0.05, 0.1) is 17.1 Å². The third-order valence-electron chi connectivity index (χ3n) is 2.08. The number of rotatable bonds is 2. The van der Waals surface area contributed by atoms with Crippen molar-refractivity contribution in [1.82, 2.24) is 0 Å². The molecule has 80 valence electrons. The van der Waals surface area contributed by atoms with E-state index in [1.807, 2.05) is 12.1 Å². The molecule has 0 bridgehead atoms. The minimum Gasteiger partial charge on any atom is -0.491 e. The molecular formula is C9H6Br2O2S2. The summed E-state index contributed by atoms with van der Waals surface area (Å²) in [6, 6.07) is 3.85. The molecule has 0 atom stereocenters. The summed E-state index contributed by atoms with van der Waals surface area (Å²) in [6.07, 6.45) is 0.468. The van der Waals surface area contributed by atoms with Gasteiger partial charge in [-0.3, -0.25) is 4.79 Å². The van der Waals surface area contributed by atoms with Crippen molar-refractivity contribution >= 4 is 55.8 Å². The van der Waals surface area contributed by atoms with Crippen LogP contribution in [0.5, 0.6) is 5.75 Å². The maximum atomic E-state index is 11.7. The number of benzene rings is 1. The van der Waals surface area contributed by atoms with Gasteiger partial charge in [0.15, 0.2) is 5.78 Å². The van der Waals surface area contributed by atoms with Gasteiger partial charge in [0.2, 0.25) is 0 Å². The molecule has 0 N–H and O–H groups in total. The number of fused-ring (bicyclic) bond motifs is 1. The van der Waals surface area contributed by atoms with Gasteiger partial charge in [-0.05, 0) is 62.1 Å². The summed E-state index contributed by atoms with van der Waals surface area (Å²) in [5.74, 6) is 0.862. The van der Waals surface area contributed by atoms with Gasteiger partial charge in [0.25, 0.3) is 0 Å². The third kappa shape index (κ3) is 2.38. The number of ketones is 1. The van der Waals surface area contributed by atoms with Crippen molar-refractivity contribution in [2.45, 2.75) is 16.2 Å². The Labute approximate surface area is 111 Å². The lowest BCUT2D eigenvalue weighted by Gasteiger charge is -2.19. The maximum Gasteiger partial charge on any atom is 0.170 e. The quantitative estimate of drug-likeness (QED) is 0.768. The Morgan fingerprint density at radius 1 is 1.27 bits per heavy atom. The first kappa shape index (κ1) is 11.8. The van der Waals surface area contributed by atoms with E-state index < -0.39 is 0 Å². The first-order valence-electron chi connectivity index (χ1n) is 4.17. The lowest BCUT2D eigenvalue weighted by atomic mass is 10.1. The molecule has 2 nitrogen and oxygen atoms in total. The Bertz CT molecular complexity index is 409. The van der Waals surface area contributed by atoms with E-state index >= 15 is 0 Å². The highest BCUT2D eigenvalue weighted by Gasteiger charge is 2.22. The van der Waals surface area contributed by atoms with E-state index in [2.05, 4.69) is 29.6 Å². The zero-order valence-electron chi connectivity index (χ0n) is 7.46. The Morgan fingerprint density at radius 2 is 2.07 bits per heavy atom. The summed E-state index contributed by atoms with van der Waals surface area (Å²) in [5, 5.41) is 0. The second-order valence-electron chi connectivity index (χ2n) is 2.97. The van der Waals surface area contributed by atoms with Crippen LogP contribution in [0, 0.1) is 0 Å². The van der Waals surface area contributed by atoms with Crippen LogP contribution in [0.3, 0.4) is 0 Å². The molecule has 0 aliphatic carbocycles. The molecule has 0 radical (unpaired) electrons. The van der Waals surface area contributed by atoms with E-state index in [0.717, 1.165) is 9.79 Å². The molecule has 1 aliphatic heterocycles. The van der Waals surface area contributed by atoms with E-state index in [9.17, 15) is 4.79 Å². The fourth-order valence-corrected chi connectivity index (χ4v) is 3.51.